The average Bonchev–Trinajstić information content (AvgIpc) is 3.34. The monoisotopic (exact) mass is 431 g/mol. The van der Waals surface area contributed by atoms with Crippen LogP contribution < -0.4 is 19.3 Å². The number of hydrogen-bond donors (Lipinski definition) is 0. The summed E-state index contributed by atoms with van der Waals surface area (Å²) < 4.78 is 38.8. The Kier molecular flexibility index (Phi) is 5.11. The molecule has 1 aromatic carbocycles. The third-order valence-corrected chi connectivity index (χ3v) is 7.63. The highest BCUT2D eigenvalue weighted by molar-refractivity contribution is 7.89. The number of fused-ring (bicyclic) bond motifs is 1. The van der Waals surface area contributed by atoms with Gasteiger partial charge in [-0.05, 0) is 31.0 Å². The van der Waals surface area contributed by atoms with Crippen molar-refractivity contribution in [1.82, 2.24) is 14.3 Å². The standard InChI is InChI=1S/C20H25N5O4S/c26-30(27,16-3-4-17-18(15-16)29-14-13-28-17)25-11-9-23(10-12-25)19-5-6-21-20(22-19)24-7-1-2-8-24/h3-6,15H,1-2,7-14H2. The zero-order chi connectivity index (χ0) is 20.6. The second-order valence-electron chi connectivity index (χ2n) is 7.61. The van der Waals surface area contributed by atoms with Crippen LogP contribution in [-0.4, -0.2) is 75.2 Å². The molecule has 2 saturated heterocycles. The zero-order valence-electron chi connectivity index (χ0n) is 16.7. The van der Waals surface area contributed by atoms with E-state index in [1.54, 1.807) is 24.4 Å². The number of anilines is 2. The van der Waals surface area contributed by atoms with Crippen LogP contribution in [0.25, 0.3) is 0 Å². The van der Waals surface area contributed by atoms with Gasteiger partial charge in [-0.2, -0.15) is 9.29 Å². The van der Waals surface area contributed by atoms with Gasteiger partial charge in [0.15, 0.2) is 11.5 Å². The quantitative estimate of drug-likeness (QED) is 0.717. The molecule has 3 aliphatic rings. The molecule has 2 fully saturated rings. The van der Waals surface area contributed by atoms with Crippen molar-refractivity contribution < 1.29 is 17.9 Å². The first-order valence-corrected chi connectivity index (χ1v) is 11.8. The van der Waals surface area contributed by atoms with E-state index in [4.69, 9.17) is 14.5 Å². The molecular weight excluding hydrogens is 406 g/mol. The third kappa shape index (κ3) is 3.65. The number of piperazine rings is 1. The molecule has 10 heteroatoms. The van der Waals surface area contributed by atoms with Crippen LogP contribution in [0.1, 0.15) is 12.8 Å². The Labute approximate surface area is 176 Å². The molecule has 0 amide bonds. The summed E-state index contributed by atoms with van der Waals surface area (Å²) in [6, 6.07) is 6.70. The summed E-state index contributed by atoms with van der Waals surface area (Å²) in [5, 5.41) is 0. The smallest absolute Gasteiger partial charge is 0.243 e. The van der Waals surface area contributed by atoms with Gasteiger partial charge in [-0.25, -0.2) is 13.4 Å². The maximum Gasteiger partial charge on any atom is 0.243 e. The van der Waals surface area contributed by atoms with E-state index in [1.807, 2.05) is 6.07 Å². The van der Waals surface area contributed by atoms with Gasteiger partial charge in [0.1, 0.15) is 19.0 Å². The van der Waals surface area contributed by atoms with Crippen LogP contribution in [-0.2, 0) is 10.0 Å². The highest BCUT2D eigenvalue weighted by atomic mass is 32.2. The Morgan fingerprint density at radius 1 is 0.833 bits per heavy atom. The molecule has 2 aromatic rings. The Morgan fingerprint density at radius 3 is 2.33 bits per heavy atom. The highest BCUT2D eigenvalue weighted by Gasteiger charge is 2.30. The summed E-state index contributed by atoms with van der Waals surface area (Å²) in [5.74, 6) is 2.68. The number of sulfonamides is 1. The van der Waals surface area contributed by atoms with Gasteiger partial charge in [0, 0.05) is 51.5 Å². The van der Waals surface area contributed by atoms with Crippen LogP contribution in [0.5, 0.6) is 11.5 Å². The second-order valence-corrected chi connectivity index (χ2v) is 9.54. The number of rotatable bonds is 4. The molecule has 0 radical (unpaired) electrons. The fourth-order valence-electron chi connectivity index (χ4n) is 4.08. The van der Waals surface area contributed by atoms with Crippen LogP contribution in [0.4, 0.5) is 11.8 Å². The van der Waals surface area contributed by atoms with E-state index in [-0.39, 0.29) is 4.90 Å². The minimum absolute atomic E-state index is 0.235. The minimum atomic E-state index is -3.59. The first kappa shape index (κ1) is 19.4. The van der Waals surface area contributed by atoms with E-state index in [9.17, 15) is 8.42 Å². The van der Waals surface area contributed by atoms with E-state index in [0.29, 0.717) is 50.9 Å². The lowest BCUT2D eigenvalue weighted by Crippen LogP contribution is -2.49. The average molecular weight is 432 g/mol. The van der Waals surface area contributed by atoms with Gasteiger partial charge >= 0.3 is 0 Å². The van der Waals surface area contributed by atoms with Crippen molar-refractivity contribution in [3.63, 3.8) is 0 Å². The first-order chi connectivity index (χ1) is 14.6. The molecule has 9 nitrogen and oxygen atoms in total. The predicted octanol–water partition coefficient (Wildman–Crippen LogP) is 1.36. The SMILES string of the molecule is O=S(=O)(c1ccc2c(c1)OCCO2)N1CCN(c2ccnc(N3CCCC3)n2)CC1. The van der Waals surface area contributed by atoms with Gasteiger partial charge in [0.2, 0.25) is 16.0 Å². The number of benzene rings is 1. The summed E-state index contributed by atoms with van der Waals surface area (Å²) in [6.45, 7) is 4.85. The Bertz CT molecular complexity index is 1020. The summed E-state index contributed by atoms with van der Waals surface area (Å²) >= 11 is 0. The van der Waals surface area contributed by atoms with Crippen molar-refractivity contribution >= 4 is 21.8 Å². The van der Waals surface area contributed by atoms with Gasteiger partial charge in [-0.15, -0.1) is 0 Å². The van der Waals surface area contributed by atoms with Crippen molar-refractivity contribution in [3.8, 4) is 11.5 Å². The Hall–Kier alpha value is -2.59. The van der Waals surface area contributed by atoms with Crippen molar-refractivity contribution in [2.24, 2.45) is 0 Å². The Morgan fingerprint density at radius 2 is 1.57 bits per heavy atom. The second kappa shape index (κ2) is 7.92. The number of hydrogen-bond acceptors (Lipinski definition) is 8. The zero-order valence-corrected chi connectivity index (χ0v) is 17.6. The van der Waals surface area contributed by atoms with E-state index in [0.717, 1.165) is 24.9 Å². The van der Waals surface area contributed by atoms with Crippen LogP contribution in [0.2, 0.25) is 0 Å². The summed E-state index contributed by atoms with van der Waals surface area (Å²) in [7, 11) is -3.59. The molecule has 0 N–H and O–H groups in total. The molecular formula is C20H25N5O4S. The number of aromatic nitrogens is 2. The molecule has 0 saturated carbocycles. The molecule has 0 spiro atoms. The first-order valence-electron chi connectivity index (χ1n) is 10.3. The Balaban J connectivity index is 1.28. The van der Waals surface area contributed by atoms with E-state index in [1.165, 1.54) is 17.1 Å². The van der Waals surface area contributed by atoms with Crippen LogP contribution >= 0.6 is 0 Å². The van der Waals surface area contributed by atoms with Crippen molar-refractivity contribution in [2.75, 3.05) is 62.3 Å². The van der Waals surface area contributed by atoms with Gasteiger partial charge in [0.05, 0.1) is 4.90 Å². The minimum Gasteiger partial charge on any atom is -0.486 e. The molecule has 3 aliphatic heterocycles. The molecule has 160 valence electrons. The van der Waals surface area contributed by atoms with Crippen molar-refractivity contribution in [3.05, 3.63) is 30.5 Å². The molecule has 0 atom stereocenters. The fraction of sp³-hybridized carbons (Fsp3) is 0.500. The fourth-order valence-corrected chi connectivity index (χ4v) is 5.51. The van der Waals surface area contributed by atoms with E-state index < -0.39 is 10.0 Å². The normalized spacial score (nSPS) is 19.9. The van der Waals surface area contributed by atoms with Crippen LogP contribution in [0.3, 0.4) is 0 Å². The number of ether oxygens (including phenoxy) is 2. The lowest BCUT2D eigenvalue weighted by molar-refractivity contribution is 0.171. The highest BCUT2D eigenvalue weighted by Crippen LogP contribution is 2.33. The summed E-state index contributed by atoms with van der Waals surface area (Å²) in [4.78, 5) is 13.7. The van der Waals surface area contributed by atoms with Crippen LogP contribution in [0.15, 0.2) is 35.4 Å². The lowest BCUT2D eigenvalue weighted by atomic mass is 10.3. The van der Waals surface area contributed by atoms with E-state index >= 15 is 0 Å². The van der Waals surface area contributed by atoms with E-state index in [2.05, 4.69) is 14.8 Å². The molecule has 5 rings (SSSR count). The van der Waals surface area contributed by atoms with Crippen LogP contribution in [0, 0.1) is 0 Å². The maximum absolute atomic E-state index is 13.1. The number of nitrogens with zero attached hydrogens (tertiary/aromatic N) is 5. The molecule has 30 heavy (non-hydrogen) atoms. The van der Waals surface area contributed by atoms with Gasteiger partial charge < -0.3 is 19.3 Å². The molecule has 0 bridgehead atoms. The largest absolute Gasteiger partial charge is 0.486 e. The summed E-state index contributed by atoms with van der Waals surface area (Å²) in [6.07, 6.45) is 4.13. The summed E-state index contributed by atoms with van der Waals surface area (Å²) in [5.41, 5.74) is 0. The molecule has 4 heterocycles. The maximum atomic E-state index is 13.1. The van der Waals surface area contributed by atoms with Gasteiger partial charge in [-0.1, -0.05) is 0 Å². The molecule has 1 aromatic heterocycles. The lowest BCUT2D eigenvalue weighted by Gasteiger charge is -2.35. The predicted molar refractivity (Wildman–Crippen MR) is 112 cm³/mol. The van der Waals surface area contributed by atoms with Crippen molar-refractivity contribution in [1.29, 1.82) is 0 Å². The molecule has 0 unspecified atom stereocenters. The van der Waals surface area contributed by atoms with Gasteiger partial charge in [-0.3, -0.25) is 0 Å². The van der Waals surface area contributed by atoms with Crippen molar-refractivity contribution in [2.45, 2.75) is 17.7 Å². The molecule has 0 aliphatic carbocycles. The third-order valence-electron chi connectivity index (χ3n) is 5.73. The topological polar surface area (TPSA) is 88.1 Å². The van der Waals surface area contributed by atoms with Gasteiger partial charge in [0.25, 0.3) is 0 Å².